The number of thioether (sulfide) groups is 1. The summed E-state index contributed by atoms with van der Waals surface area (Å²) < 4.78 is 24.9. The summed E-state index contributed by atoms with van der Waals surface area (Å²) in [4.78, 5) is 39.2. The Kier molecular flexibility index (Phi) is 7.00. The number of benzene rings is 3. The third kappa shape index (κ3) is 4.98. The molecule has 0 aliphatic carbocycles. The zero-order valence-corrected chi connectivity index (χ0v) is 19.4. The van der Waals surface area contributed by atoms with E-state index in [-0.39, 0.29) is 34.1 Å². The first-order valence-corrected chi connectivity index (χ1v) is 11.2. The van der Waals surface area contributed by atoms with Gasteiger partial charge in [0.2, 0.25) is 0 Å². The Morgan fingerprint density at radius 3 is 2.50 bits per heavy atom. The molecule has 9 heteroatoms. The minimum atomic E-state index is -0.650. The van der Waals surface area contributed by atoms with Gasteiger partial charge in [-0.2, -0.15) is 0 Å². The first-order chi connectivity index (χ1) is 16.4. The third-order valence-electron chi connectivity index (χ3n) is 4.95. The second-order valence-electron chi connectivity index (χ2n) is 7.13. The lowest BCUT2D eigenvalue weighted by molar-refractivity contribution is -0.123. The van der Waals surface area contributed by atoms with Crippen molar-refractivity contribution in [1.29, 1.82) is 0 Å². The molecular weight excluding hydrogens is 481 g/mol. The molecule has 3 aromatic rings. The van der Waals surface area contributed by atoms with Crippen molar-refractivity contribution in [2.45, 2.75) is 6.54 Å². The van der Waals surface area contributed by atoms with Gasteiger partial charge in [0.1, 0.15) is 5.82 Å². The van der Waals surface area contributed by atoms with Crippen molar-refractivity contribution in [2.75, 3.05) is 7.11 Å². The minimum absolute atomic E-state index is 0.0888. The van der Waals surface area contributed by atoms with Crippen LogP contribution in [0.4, 0.5) is 9.18 Å². The fourth-order valence-corrected chi connectivity index (χ4v) is 4.18. The van der Waals surface area contributed by atoms with Gasteiger partial charge in [0, 0.05) is 16.1 Å². The largest absolute Gasteiger partial charge is 0.493 e. The van der Waals surface area contributed by atoms with Crippen LogP contribution >= 0.6 is 23.4 Å². The van der Waals surface area contributed by atoms with E-state index in [0.717, 1.165) is 16.7 Å². The number of carbonyl (C=O) groups is 3. The van der Waals surface area contributed by atoms with Crippen molar-refractivity contribution in [2.24, 2.45) is 0 Å². The van der Waals surface area contributed by atoms with Crippen molar-refractivity contribution >= 4 is 46.6 Å². The summed E-state index contributed by atoms with van der Waals surface area (Å²) >= 11 is 6.60. The molecule has 1 fully saturated rings. The molecule has 0 aromatic heterocycles. The molecular formula is C25H17ClFNO5S. The van der Waals surface area contributed by atoms with Crippen LogP contribution in [0.3, 0.4) is 0 Å². The second kappa shape index (κ2) is 10.1. The molecule has 34 heavy (non-hydrogen) atoms. The Morgan fingerprint density at radius 2 is 1.79 bits per heavy atom. The number of hydrogen-bond acceptors (Lipinski definition) is 6. The van der Waals surface area contributed by atoms with Gasteiger partial charge in [0.15, 0.2) is 11.5 Å². The number of methoxy groups -OCH3 is 1. The van der Waals surface area contributed by atoms with Crippen molar-refractivity contribution in [3.63, 3.8) is 0 Å². The van der Waals surface area contributed by atoms with Gasteiger partial charge in [-0.3, -0.25) is 14.5 Å². The number of carbonyl (C=O) groups excluding carboxylic acids is 3. The van der Waals surface area contributed by atoms with Gasteiger partial charge in [0.25, 0.3) is 11.1 Å². The SMILES string of the molecule is COc1cccc(/C=C2\SC(=O)N(Cc3ccccc3F)C2=O)c1OC(=O)c1ccc(Cl)cc1. The van der Waals surface area contributed by atoms with Crippen LogP contribution in [-0.2, 0) is 11.3 Å². The fourth-order valence-electron chi connectivity index (χ4n) is 3.23. The van der Waals surface area contributed by atoms with Crippen LogP contribution in [-0.4, -0.2) is 29.1 Å². The van der Waals surface area contributed by atoms with E-state index in [2.05, 4.69) is 0 Å². The summed E-state index contributed by atoms with van der Waals surface area (Å²) in [7, 11) is 1.42. The van der Waals surface area contributed by atoms with Gasteiger partial charge >= 0.3 is 5.97 Å². The van der Waals surface area contributed by atoms with Gasteiger partial charge < -0.3 is 9.47 Å². The Hall–Kier alpha value is -3.62. The van der Waals surface area contributed by atoms with Crippen molar-refractivity contribution in [3.8, 4) is 11.5 Å². The van der Waals surface area contributed by atoms with E-state index >= 15 is 0 Å². The quantitative estimate of drug-likeness (QED) is 0.238. The molecule has 1 heterocycles. The number of amides is 2. The predicted molar refractivity (Wildman–Crippen MR) is 127 cm³/mol. The first kappa shape index (κ1) is 23.5. The van der Waals surface area contributed by atoms with E-state index in [1.165, 1.54) is 43.5 Å². The molecule has 1 aliphatic heterocycles. The number of hydrogen-bond donors (Lipinski definition) is 0. The second-order valence-corrected chi connectivity index (χ2v) is 8.56. The Bertz CT molecular complexity index is 1310. The first-order valence-electron chi connectivity index (χ1n) is 10.0. The van der Waals surface area contributed by atoms with Crippen LogP contribution in [0.2, 0.25) is 5.02 Å². The standard InChI is InChI=1S/C25H17ClFNO5S/c1-32-20-8-4-6-16(22(20)33-24(30)15-9-11-18(26)12-10-15)13-21-23(29)28(25(31)34-21)14-17-5-2-3-7-19(17)27/h2-13H,14H2,1H3/b21-13-. The molecule has 0 saturated carbocycles. The topological polar surface area (TPSA) is 72.9 Å². The molecule has 172 valence electrons. The van der Waals surface area contributed by atoms with Crippen LogP contribution in [0.1, 0.15) is 21.5 Å². The highest BCUT2D eigenvalue weighted by Gasteiger charge is 2.35. The lowest BCUT2D eigenvalue weighted by Gasteiger charge is -2.13. The van der Waals surface area contributed by atoms with E-state index in [1.54, 1.807) is 36.4 Å². The van der Waals surface area contributed by atoms with Crippen molar-refractivity contribution in [1.82, 2.24) is 4.90 Å². The number of halogens is 2. The predicted octanol–water partition coefficient (Wildman–Crippen LogP) is 5.94. The lowest BCUT2D eigenvalue weighted by atomic mass is 10.1. The summed E-state index contributed by atoms with van der Waals surface area (Å²) in [6.45, 7) is -0.189. The van der Waals surface area contributed by atoms with E-state index in [1.807, 2.05) is 0 Å². The van der Waals surface area contributed by atoms with Crippen molar-refractivity contribution < 1.29 is 28.2 Å². The molecule has 0 atom stereocenters. The highest BCUT2D eigenvalue weighted by atomic mass is 35.5. The van der Waals surface area contributed by atoms with Gasteiger partial charge in [-0.1, -0.05) is 41.9 Å². The fraction of sp³-hybridized carbons (Fsp3) is 0.0800. The van der Waals surface area contributed by atoms with Crippen molar-refractivity contribution in [3.05, 3.63) is 99.2 Å². The normalized spacial score (nSPS) is 14.6. The zero-order valence-electron chi connectivity index (χ0n) is 17.8. The lowest BCUT2D eigenvalue weighted by Crippen LogP contribution is -2.27. The molecule has 4 rings (SSSR count). The van der Waals surface area contributed by atoms with E-state index in [9.17, 15) is 18.8 Å². The van der Waals surface area contributed by atoms with Gasteiger partial charge in [-0.05, 0) is 54.2 Å². The van der Waals surface area contributed by atoms with E-state index in [4.69, 9.17) is 21.1 Å². The molecule has 0 N–H and O–H groups in total. The maximum atomic E-state index is 14.0. The molecule has 1 saturated heterocycles. The molecule has 0 radical (unpaired) electrons. The maximum Gasteiger partial charge on any atom is 0.343 e. The summed E-state index contributed by atoms with van der Waals surface area (Å²) in [5.41, 5.74) is 0.856. The average Bonchev–Trinajstić information content (AvgIpc) is 3.09. The maximum absolute atomic E-state index is 14.0. The van der Waals surface area contributed by atoms with E-state index < -0.39 is 22.9 Å². The Morgan fingerprint density at radius 1 is 1.06 bits per heavy atom. The molecule has 1 aliphatic rings. The minimum Gasteiger partial charge on any atom is -0.493 e. The number of rotatable bonds is 6. The number of nitrogens with zero attached hydrogens (tertiary/aromatic N) is 1. The number of esters is 1. The molecule has 0 unspecified atom stereocenters. The monoisotopic (exact) mass is 497 g/mol. The summed E-state index contributed by atoms with van der Waals surface area (Å²) in [5.74, 6) is -1.37. The Balaban J connectivity index is 1.63. The Labute approximate surface area is 203 Å². The molecule has 2 amide bonds. The third-order valence-corrected chi connectivity index (χ3v) is 6.11. The summed E-state index contributed by atoms with van der Waals surface area (Å²) in [5, 5.41) is -0.0530. The number of para-hydroxylation sites is 1. The van der Waals surface area contributed by atoms with Crippen LogP contribution in [0, 0.1) is 5.82 Å². The molecule has 3 aromatic carbocycles. The zero-order chi connectivity index (χ0) is 24.2. The van der Waals surface area contributed by atoms with Gasteiger partial charge in [-0.15, -0.1) is 0 Å². The molecule has 6 nitrogen and oxygen atoms in total. The van der Waals surface area contributed by atoms with E-state index in [0.29, 0.717) is 10.6 Å². The number of ether oxygens (including phenoxy) is 2. The van der Waals surface area contributed by atoms with Crippen LogP contribution in [0.15, 0.2) is 71.6 Å². The highest BCUT2D eigenvalue weighted by Crippen LogP contribution is 2.38. The summed E-state index contributed by atoms with van der Waals surface area (Å²) in [6, 6.07) is 17.0. The average molecular weight is 498 g/mol. The van der Waals surface area contributed by atoms with Crippen LogP contribution in [0.25, 0.3) is 6.08 Å². The number of imide groups is 1. The van der Waals surface area contributed by atoms with Crippen LogP contribution < -0.4 is 9.47 Å². The smallest absolute Gasteiger partial charge is 0.343 e. The molecule has 0 bridgehead atoms. The highest BCUT2D eigenvalue weighted by molar-refractivity contribution is 8.18. The summed E-state index contributed by atoms with van der Waals surface area (Å²) in [6.07, 6.45) is 1.44. The van der Waals surface area contributed by atoms with Crippen LogP contribution in [0.5, 0.6) is 11.5 Å². The van der Waals surface area contributed by atoms with Gasteiger partial charge in [0.05, 0.1) is 24.1 Å². The molecule has 0 spiro atoms. The van der Waals surface area contributed by atoms with Gasteiger partial charge in [-0.25, -0.2) is 9.18 Å².